The number of rotatable bonds is 4. The normalized spacial score (nSPS) is 11.0. The van der Waals surface area contributed by atoms with Crippen molar-refractivity contribution in [1.29, 1.82) is 0 Å². The number of hydrogen-bond acceptors (Lipinski definition) is 3. The largest absolute Gasteiger partial charge is 0.417 e. The summed E-state index contributed by atoms with van der Waals surface area (Å²) in [5.41, 5.74) is 4.35. The maximum absolute atomic E-state index is 5.73. The van der Waals surface area contributed by atoms with E-state index in [1.54, 1.807) is 0 Å². The van der Waals surface area contributed by atoms with Crippen molar-refractivity contribution in [2.24, 2.45) is 0 Å². The van der Waals surface area contributed by atoms with Gasteiger partial charge in [0.05, 0.1) is 0 Å². The zero-order chi connectivity index (χ0) is 16.9. The van der Waals surface area contributed by atoms with Crippen LogP contribution in [0.5, 0.6) is 0 Å². The van der Waals surface area contributed by atoms with E-state index in [0.29, 0.717) is 11.8 Å². The van der Waals surface area contributed by atoms with E-state index in [-0.39, 0.29) is 0 Å². The van der Waals surface area contributed by atoms with Crippen molar-refractivity contribution in [3.8, 4) is 22.6 Å². The van der Waals surface area contributed by atoms with Gasteiger partial charge < -0.3 is 4.42 Å². The Hall–Kier alpha value is -3.46. The van der Waals surface area contributed by atoms with Crippen LogP contribution in [0.3, 0.4) is 0 Å². The second-order valence-electron chi connectivity index (χ2n) is 5.63. The Balaban J connectivity index is 1.53. The van der Waals surface area contributed by atoms with E-state index in [9.17, 15) is 0 Å². The minimum atomic E-state index is 0.492. The van der Waals surface area contributed by atoms with Crippen LogP contribution in [0.4, 0.5) is 0 Å². The first-order valence-corrected chi connectivity index (χ1v) is 8.11. The third kappa shape index (κ3) is 3.56. The average Bonchev–Trinajstić information content (AvgIpc) is 3.17. The van der Waals surface area contributed by atoms with E-state index >= 15 is 0 Å². The van der Waals surface area contributed by atoms with Crippen LogP contribution >= 0.6 is 0 Å². The number of benzene rings is 3. The van der Waals surface area contributed by atoms with Gasteiger partial charge in [-0.2, -0.15) is 0 Å². The SMILES string of the molecule is C(=Cc1nnc(-c2ccc(-c3ccccc3)cc2)o1)c1ccccc1. The highest BCUT2D eigenvalue weighted by molar-refractivity contribution is 5.68. The number of nitrogens with zero attached hydrogens (tertiary/aromatic N) is 2. The van der Waals surface area contributed by atoms with Gasteiger partial charge in [-0.15, -0.1) is 10.2 Å². The van der Waals surface area contributed by atoms with E-state index in [2.05, 4.69) is 34.5 Å². The minimum absolute atomic E-state index is 0.492. The van der Waals surface area contributed by atoms with Crippen molar-refractivity contribution in [3.63, 3.8) is 0 Å². The maximum atomic E-state index is 5.73. The molecule has 0 bridgehead atoms. The third-order valence-electron chi connectivity index (χ3n) is 3.90. The van der Waals surface area contributed by atoms with Crippen LogP contribution < -0.4 is 0 Å². The molecular formula is C22H16N2O. The summed E-state index contributed by atoms with van der Waals surface area (Å²) in [6.45, 7) is 0. The molecule has 0 aliphatic heterocycles. The Morgan fingerprint density at radius 2 is 1.16 bits per heavy atom. The Bertz CT molecular complexity index is 971. The molecule has 0 fully saturated rings. The molecule has 0 unspecified atom stereocenters. The van der Waals surface area contributed by atoms with Crippen LogP contribution in [0.15, 0.2) is 89.3 Å². The third-order valence-corrected chi connectivity index (χ3v) is 3.90. The van der Waals surface area contributed by atoms with Crippen LogP contribution in [0, 0.1) is 0 Å². The molecule has 3 nitrogen and oxygen atoms in total. The smallest absolute Gasteiger partial charge is 0.248 e. The van der Waals surface area contributed by atoms with Crippen LogP contribution in [0.1, 0.15) is 11.5 Å². The van der Waals surface area contributed by atoms with Crippen molar-refractivity contribution in [1.82, 2.24) is 10.2 Å². The van der Waals surface area contributed by atoms with Crippen molar-refractivity contribution in [2.75, 3.05) is 0 Å². The summed E-state index contributed by atoms with van der Waals surface area (Å²) < 4.78 is 5.73. The van der Waals surface area contributed by atoms with Crippen LogP contribution in [-0.4, -0.2) is 10.2 Å². The first kappa shape index (κ1) is 15.1. The predicted molar refractivity (Wildman–Crippen MR) is 101 cm³/mol. The lowest BCUT2D eigenvalue weighted by Gasteiger charge is -2.01. The molecule has 4 aromatic rings. The molecule has 1 heterocycles. The minimum Gasteiger partial charge on any atom is -0.417 e. The van der Waals surface area contributed by atoms with Crippen molar-refractivity contribution in [2.45, 2.75) is 0 Å². The molecular weight excluding hydrogens is 308 g/mol. The zero-order valence-corrected chi connectivity index (χ0v) is 13.5. The molecule has 0 atom stereocenters. The summed E-state index contributed by atoms with van der Waals surface area (Å²) in [4.78, 5) is 0. The van der Waals surface area contributed by atoms with Crippen molar-refractivity contribution >= 4 is 12.2 Å². The molecule has 0 amide bonds. The highest BCUT2D eigenvalue weighted by atomic mass is 16.4. The first-order valence-electron chi connectivity index (χ1n) is 8.11. The van der Waals surface area contributed by atoms with Gasteiger partial charge in [0.1, 0.15) is 0 Å². The predicted octanol–water partition coefficient (Wildman–Crippen LogP) is 5.57. The van der Waals surface area contributed by atoms with Gasteiger partial charge in [0.25, 0.3) is 0 Å². The molecule has 0 saturated carbocycles. The summed E-state index contributed by atoms with van der Waals surface area (Å²) in [5.74, 6) is 1.01. The molecule has 0 radical (unpaired) electrons. The molecule has 3 heteroatoms. The fourth-order valence-electron chi connectivity index (χ4n) is 2.59. The number of hydrogen-bond donors (Lipinski definition) is 0. The Morgan fingerprint density at radius 1 is 0.560 bits per heavy atom. The highest BCUT2D eigenvalue weighted by Crippen LogP contribution is 2.24. The van der Waals surface area contributed by atoms with Gasteiger partial charge in [-0.05, 0) is 34.9 Å². The molecule has 25 heavy (non-hydrogen) atoms. The second kappa shape index (κ2) is 6.97. The van der Waals surface area contributed by atoms with E-state index < -0.39 is 0 Å². The molecule has 0 saturated heterocycles. The van der Waals surface area contributed by atoms with E-state index in [1.165, 1.54) is 5.56 Å². The zero-order valence-electron chi connectivity index (χ0n) is 13.5. The van der Waals surface area contributed by atoms with Crippen molar-refractivity contribution < 1.29 is 4.42 Å². The van der Waals surface area contributed by atoms with Crippen molar-refractivity contribution in [3.05, 3.63) is 96.4 Å². The fourth-order valence-corrected chi connectivity index (χ4v) is 2.59. The molecule has 0 spiro atoms. The Morgan fingerprint density at radius 3 is 1.88 bits per heavy atom. The monoisotopic (exact) mass is 324 g/mol. The Kier molecular flexibility index (Phi) is 4.21. The van der Waals surface area contributed by atoms with Gasteiger partial charge in [-0.3, -0.25) is 0 Å². The Labute approximate surface area is 146 Å². The van der Waals surface area contributed by atoms with E-state index in [1.807, 2.05) is 72.8 Å². The van der Waals surface area contributed by atoms with Crippen LogP contribution in [0.2, 0.25) is 0 Å². The lowest BCUT2D eigenvalue weighted by Crippen LogP contribution is -1.80. The first-order chi connectivity index (χ1) is 12.4. The topological polar surface area (TPSA) is 38.9 Å². The standard InChI is InChI=1S/C22H16N2O/c1-3-7-17(8-4-1)11-16-21-23-24-22(25-21)20-14-12-19(13-15-20)18-9-5-2-6-10-18/h1-16H. The van der Waals surface area contributed by atoms with E-state index in [0.717, 1.165) is 16.7 Å². The van der Waals surface area contributed by atoms with Gasteiger partial charge in [0.2, 0.25) is 11.8 Å². The number of aromatic nitrogens is 2. The van der Waals surface area contributed by atoms with Crippen LogP contribution in [0.25, 0.3) is 34.7 Å². The molecule has 120 valence electrons. The van der Waals surface area contributed by atoms with E-state index in [4.69, 9.17) is 4.42 Å². The summed E-state index contributed by atoms with van der Waals surface area (Å²) >= 11 is 0. The van der Waals surface area contributed by atoms with Gasteiger partial charge in [-0.25, -0.2) is 0 Å². The summed E-state index contributed by atoms with van der Waals surface area (Å²) in [5, 5.41) is 8.22. The highest BCUT2D eigenvalue weighted by Gasteiger charge is 2.07. The van der Waals surface area contributed by atoms with Gasteiger partial charge >= 0.3 is 0 Å². The summed E-state index contributed by atoms with van der Waals surface area (Å²) in [6.07, 6.45) is 3.78. The molecule has 3 aromatic carbocycles. The maximum Gasteiger partial charge on any atom is 0.248 e. The lowest BCUT2D eigenvalue weighted by atomic mass is 10.0. The van der Waals surface area contributed by atoms with Crippen LogP contribution in [-0.2, 0) is 0 Å². The average molecular weight is 324 g/mol. The molecule has 0 aliphatic rings. The summed E-state index contributed by atoms with van der Waals surface area (Å²) in [6, 6.07) is 28.4. The quantitative estimate of drug-likeness (QED) is 0.492. The fraction of sp³-hybridized carbons (Fsp3) is 0. The molecule has 1 aromatic heterocycles. The lowest BCUT2D eigenvalue weighted by molar-refractivity contribution is 0.558. The molecule has 0 N–H and O–H groups in total. The summed E-state index contributed by atoms with van der Waals surface area (Å²) in [7, 11) is 0. The second-order valence-corrected chi connectivity index (χ2v) is 5.63. The van der Waals surface area contributed by atoms with Gasteiger partial charge in [0.15, 0.2) is 0 Å². The molecule has 0 aliphatic carbocycles. The molecule has 4 rings (SSSR count). The van der Waals surface area contributed by atoms with Gasteiger partial charge in [0, 0.05) is 11.6 Å². The van der Waals surface area contributed by atoms with Gasteiger partial charge in [-0.1, -0.05) is 72.8 Å².